The predicted octanol–water partition coefficient (Wildman–Crippen LogP) is 0.996. The number of hydrogen-bond acceptors (Lipinski definition) is 5. The molecule has 1 heterocycles. The number of aromatic nitrogens is 2. The zero-order valence-electron chi connectivity index (χ0n) is 11.3. The Morgan fingerprint density at radius 2 is 2.19 bits per heavy atom. The number of amides is 1. The third-order valence-corrected chi connectivity index (χ3v) is 2.67. The number of anilines is 1. The molecule has 1 aromatic carbocycles. The van der Waals surface area contributed by atoms with Crippen LogP contribution in [0, 0.1) is 11.3 Å². The monoisotopic (exact) mass is 285 g/mol. The minimum atomic E-state index is -0.295. The molecule has 21 heavy (non-hydrogen) atoms. The number of nitriles is 1. The molecule has 0 bridgehead atoms. The highest BCUT2D eigenvalue weighted by Crippen LogP contribution is 2.16. The van der Waals surface area contributed by atoms with E-state index in [1.54, 1.807) is 41.4 Å². The molecular formula is C14H15N5O2. The first-order valence-electron chi connectivity index (χ1n) is 6.36. The van der Waals surface area contributed by atoms with Gasteiger partial charge in [-0.25, -0.2) is 4.98 Å². The zero-order chi connectivity index (χ0) is 15.1. The Bertz CT molecular complexity index is 642. The maximum atomic E-state index is 12.0. The molecule has 0 unspecified atom stereocenters. The number of ether oxygens (including phenoxy) is 1. The molecule has 1 aromatic heterocycles. The van der Waals surface area contributed by atoms with Crippen molar-refractivity contribution in [2.75, 3.05) is 18.5 Å². The highest BCUT2D eigenvalue weighted by Gasteiger charge is 2.09. The third-order valence-electron chi connectivity index (χ3n) is 2.67. The van der Waals surface area contributed by atoms with Crippen LogP contribution in [0.3, 0.4) is 0 Å². The molecule has 0 atom stereocenters. The number of nitrogens with zero attached hydrogens (tertiary/aromatic N) is 3. The number of benzene rings is 1. The lowest BCUT2D eigenvalue weighted by Crippen LogP contribution is -2.12. The van der Waals surface area contributed by atoms with Crippen LogP contribution in [0.1, 0.15) is 10.5 Å². The quantitative estimate of drug-likeness (QED) is 0.823. The summed E-state index contributed by atoms with van der Waals surface area (Å²) in [5, 5.41) is 11.1. The second-order valence-corrected chi connectivity index (χ2v) is 4.21. The summed E-state index contributed by atoms with van der Waals surface area (Å²) in [4.78, 5) is 16.0. The number of carbonyl (C=O) groups is 1. The second-order valence-electron chi connectivity index (χ2n) is 4.21. The van der Waals surface area contributed by atoms with Crippen molar-refractivity contribution in [3.63, 3.8) is 0 Å². The average molecular weight is 285 g/mol. The Hall–Kier alpha value is -2.85. The largest absolute Gasteiger partial charge is 0.479 e. The first kappa shape index (κ1) is 14.6. The molecule has 2 aromatic rings. The summed E-state index contributed by atoms with van der Waals surface area (Å²) in [6.07, 6.45) is 3.22. The van der Waals surface area contributed by atoms with Crippen LogP contribution in [0.4, 0.5) is 5.69 Å². The summed E-state index contributed by atoms with van der Waals surface area (Å²) in [5.41, 5.74) is 6.39. The maximum Gasteiger partial charge on any atom is 0.275 e. The third kappa shape index (κ3) is 4.06. The van der Waals surface area contributed by atoms with Crippen LogP contribution in [0.2, 0.25) is 0 Å². The lowest BCUT2D eigenvalue weighted by Gasteiger charge is -2.05. The normalized spacial score (nSPS) is 9.90. The summed E-state index contributed by atoms with van der Waals surface area (Å²) >= 11 is 0. The van der Waals surface area contributed by atoms with E-state index in [1.807, 2.05) is 6.07 Å². The number of rotatable bonds is 6. The molecule has 0 saturated carbocycles. The second kappa shape index (κ2) is 7.07. The Morgan fingerprint density at radius 1 is 1.43 bits per heavy atom. The van der Waals surface area contributed by atoms with Crippen LogP contribution >= 0.6 is 0 Å². The molecule has 0 fully saturated rings. The minimum Gasteiger partial charge on any atom is -0.479 e. The van der Waals surface area contributed by atoms with E-state index in [4.69, 9.17) is 15.7 Å². The van der Waals surface area contributed by atoms with E-state index in [-0.39, 0.29) is 12.5 Å². The van der Waals surface area contributed by atoms with E-state index in [1.165, 1.54) is 0 Å². The number of nitrogens with two attached hydrogens (primary N) is 1. The van der Waals surface area contributed by atoms with Crippen LogP contribution in [-0.4, -0.2) is 28.6 Å². The Kier molecular flexibility index (Phi) is 4.90. The van der Waals surface area contributed by atoms with Gasteiger partial charge in [0.1, 0.15) is 17.5 Å². The summed E-state index contributed by atoms with van der Waals surface area (Å²) in [5.74, 6) is 0.276. The van der Waals surface area contributed by atoms with E-state index in [0.717, 1.165) is 0 Å². The van der Waals surface area contributed by atoms with Gasteiger partial charge in [-0.1, -0.05) is 0 Å². The van der Waals surface area contributed by atoms with E-state index in [9.17, 15) is 4.79 Å². The zero-order valence-corrected chi connectivity index (χ0v) is 11.3. The van der Waals surface area contributed by atoms with E-state index >= 15 is 0 Å². The topological polar surface area (TPSA) is 106 Å². The summed E-state index contributed by atoms with van der Waals surface area (Å²) in [7, 11) is 0. The Morgan fingerprint density at radius 3 is 2.86 bits per heavy atom. The van der Waals surface area contributed by atoms with Gasteiger partial charge in [-0.2, -0.15) is 5.26 Å². The molecule has 0 aliphatic carbocycles. The molecule has 1 amide bonds. The fourth-order valence-corrected chi connectivity index (χ4v) is 1.69. The standard InChI is InChI=1S/C14H15N5O2/c15-5-7-19-9-13(17-10-19)14(20)18-11-1-3-12(4-2-11)21-8-6-16/h1-4,9-10H,5,7-8,15H2,(H,18,20). The minimum absolute atomic E-state index is 0.00964. The maximum absolute atomic E-state index is 12.0. The molecule has 7 nitrogen and oxygen atoms in total. The molecule has 0 saturated heterocycles. The number of nitrogens with one attached hydrogen (secondary N) is 1. The van der Waals surface area contributed by atoms with Crippen molar-refractivity contribution in [1.82, 2.24) is 9.55 Å². The van der Waals surface area contributed by atoms with Gasteiger partial charge in [-0.3, -0.25) is 4.79 Å². The molecule has 2 rings (SSSR count). The lowest BCUT2D eigenvalue weighted by atomic mass is 10.3. The van der Waals surface area contributed by atoms with E-state index in [0.29, 0.717) is 30.2 Å². The van der Waals surface area contributed by atoms with Crippen molar-refractivity contribution < 1.29 is 9.53 Å². The van der Waals surface area contributed by atoms with Crippen molar-refractivity contribution in [2.24, 2.45) is 5.73 Å². The van der Waals surface area contributed by atoms with Gasteiger partial charge < -0.3 is 20.4 Å². The molecule has 0 aliphatic rings. The van der Waals surface area contributed by atoms with Gasteiger partial charge in [0.15, 0.2) is 6.61 Å². The number of carbonyl (C=O) groups excluding carboxylic acids is 1. The average Bonchev–Trinajstić information content (AvgIpc) is 2.96. The van der Waals surface area contributed by atoms with Crippen LogP contribution in [0.25, 0.3) is 0 Å². The van der Waals surface area contributed by atoms with Crippen molar-refractivity contribution >= 4 is 11.6 Å². The fraction of sp³-hybridized carbons (Fsp3) is 0.214. The summed E-state index contributed by atoms with van der Waals surface area (Å²) in [6.45, 7) is 1.09. The molecule has 0 radical (unpaired) electrons. The number of hydrogen-bond donors (Lipinski definition) is 2. The van der Waals surface area contributed by atoms with Crippen LogP contribution in [0.5, 0.6) is 5.75 Å². The van der Waals surface area contributed by atoms with Gasteiger partial charge in [-0.15, -0.1) is 0 Å². The van der Waals surface area contributed by atoms with Crippen LogP contribution < -0.4 is 15.8 Å². The van der Waals surface area contributed by atoms with Crippen LogP contribution in [-0.2, 0) is 6.54 Å². The van der Waals surface area contributed by atoms with Gasteiger partial charge in [-0.05, 0) is 24.3 Å². The summed E-state index contributed by atoms with van der Waals surface area (Å²) in [6, 6.07) is 8.64. The molecular weight excluding hydrogens is 270 g/mol. The highest BCUT2D eigenvalue weighted by molar-refractivity contribution is 6.02. The van der Waals surface area contributed by atoms with Crippen molar-refractivity contribution in [3.05, 3.63) is 42.5 Å². The molecule has 3 N–H and O–H groups in total. The smallest absolute Gasteiger partial charge is 0.275 e. The molecule has 0 spiro atoms. The van der Waals surface area contributed by atoms with Gasteiger partial charge in [0.25, 0.3) is 5.91 Å². The van der Waals surface area contributed by atoms with Crippen molar-refractivity contribution in [2.45, 2.75) is 6.54 Å². The Balaban J connectivity index is 1.97. The first-order valence-corrected chi connectivity index (χ1v) is 6.36. The summed E-state index contributed by atoms with van der Waals surface area (Å²) < 4.78 is 6.89. The van der Waals surface area contributed by atoms with Gasteiger partial charge in [0.2, 0.25) is 0 Å². The van der Waals surface area contributed by atoms with E-state index < -0.39 is 0 Å². The van der Waals surface area contributed by atoms with Crippen LogP contribution in [0.15, 0.2) is 36.8 Å². The Labute approximate surface area is 122 Å². The first-order chi connectivity index (χ1) is 10.2. The predicted molar refractivity (Wildman–Crippen MR) is 76.8 cm³/mol. The molecule has 0 aliphatic heterocycles. The molecule has 108 valence electrons. The highest BCUT2D eigenvalue weighted by atomic mass is 16.5. The van der Waals surface area contributed by atoms with Gasteiger partial charge in [0.05, 0.1) is 6.33 Å². The molecule has 7 heteroatoms. The SMILES string of the molecule is N#CCOc1ccc(NC(=O)c2cn(CCN)cn2)cc1. The van der Waals surface area contributed by atoms with Gasteiger partial charge >= 0.3 is 0 Å². The van der Waals surface area contributed by atoms with Crippen molar-refractivity contribution in [1.29, 1.82) is 5.26 Å². The lowest BCUT2D eigenvalue weighted by molar-refractivity contribution is 0.102. The fourth-order valence-electron chi connectivity index (χ4n) is 1.69. The van der Waals surface area contributed by atoms with E-state index in [2.05, 4.69) is 10.3 Å². The van der Waals surface area contributed by atoms with Crippen molar-refractivity contribution in [3.8, 4) is 11.8 Å². The van der Waals surface area contributed by atoms with Gasteiger partial charge in [0, 0.05) is 25.0 Å². The number of imidazole rings is 1.